The predicted octanol–water partition coefficient (Wildman–Crippen LogP) is 8.78. The van der Waals surface area contributed by atoms with Crippen molar-refractivity contribution < 1.29 is 15.0 Å². The highest BCUT2D eigenvalue weighted by Crippen LogP contribution is 2.13. The third-order valence-electron chi connectivity index (χ3n) is 7.28. The van der Waals surface area contributed by atoms with Crippen molar-refractivity contribution >= 4 is 5.91 Å². The second kappa shape index (κ2) is 28.7. The van der Waals surface area contributed by atoms with Crippen LogP contribution in [0.4, 0.5) is 0 Å². The van der Waals surface area contributed by atoms with Crippen molar-refractivity contribution in [2.45, 2.75) is 180 Å². The van der Waals surface area contributed by atoms with E-state index >= 15 is 0 Å². The number of carbonyl (C=O) groups excluding carboxylic acids is 1. The Labute approximate surface area is 225 Å². The molecule has 0 saturated heterocycles. The lowest BCUT2D eigenvalue weighted by Gasteiger charge is -2.22. The van der Waals surface area contributed by atoms with Gasteiger partial charge >= 0.3 is 0 Å². The summed E-state index contributed by atoms with van der Waals surface area (Å²) in [7, 11) is 0. The maximum atomic E-state index is 12.2. The smallest absolute Gasteiger partial charge is 0.220 e. The van der Waals surface area contributed by atoms with Crippen molar-refractivity contribution in [3.05, 3.63) is 12.2 Å². The molecule has 0 spiro atoms. The maximum absolute atomic E-state index is 12.2. The van der Waals surface area contributed by atoms with E-state index < -0.39 is 12.1 Å². The van der Waals surface area contributed by atoms with Crippen molar-refractivity contribution in [3.8, 4) is 0 Å². The maximum Gasteiger partial charge on any atom is 0.220 e. The molecule has 0 aliphatic heterocycles. The molecule has 0 rings (SSSR count). The first kappa shape index (κ1) is 35.1. The zero-order valence-electron chi connectivity index (χ0n) is 24.3. The molecular weight excluding hydrogens is 446 g/mol. The van der Waals surface area contributed by atoms with E-state index in [2.05, 4.69) is 31.3 Å². The molecule has 0 saturated carbocycles. The fourth-order valence-electron chi connectivity index (χ4n) is 4.76. The van der Waals surface area contributed by atoms with Crippen LogP contribution in [0.15, 0.2) is 12.2 Å². The van der Waals surface area contributed by atoms with E-state index in [0.717, 1.165) is 25.7 Å². The van der Waals surface area contributed by atoms with E-state index in [0.29, 0.717) is 12.8 Å². The zero-order chi connectivity index (χ0) is 26.5. The number of rotatable bonds is 28. The summed E-state index contributed by atoms with van der Waals surface area (Å²) in [5.74, 6) is -0.0416. The molecule has 0 aromatic carbocycles. The van der Waals surface area contributed by atoms with Gasteiger partial charge in [-0.15, -0.1) is 0 Å². The fourth-order valence-corrected chi connectivity index (χ4v) is 4.76. The van der Waals surface area contributed by atoms with Crippen molar-refractivity contribution in [3.63, 3.8) is 0 Å². The number of hydrogen-bond acceptors (Lipinski definition) is 3. The third kappa shape index (κ3) is 24.8. The lowest BCUT2D eigenvalue weighted by atomic mass is 10.0. The first-order chi connectivity index (χ1) is 17.7. The Kier molecular flexibility index (Phi) is 28.0. The number of aliphatic hydroxyl groups excluding tert-OH is 2. The lowest BCUT2D eigenvalue weighted by molar-refractivity contribution is -0.123. The molecule has 2 atom stereocenters. The summed E-state index contributed by atoms with van der Waals surface area (Å²) in [6.45, 7) is 4.26. The standard InChI is InChI=1S/C32H63NO3/c1-3-5-7-9-10-11-12-13-14-15-16-17-18-19-20-21-22-24-26-28-32(36)33-30(29-34)31(35)27-25-23-8-6-4-2/h13-14,30-31,34-35H,3-12,15-29H2,1-2H3,(H,33,36)/b14-13-. The molecule has 4 nitrogen and oxygen atoms in total. The van der Waals surface area contributed by atoms with E-state index in [-0.39, 0.29) is 12.5 Å². The molecule has 3 N–H and O–H groups in total. The van der Waals surface area contributed by atoms with Gasteiger partial charge in [-0.25, -0.2) is 0 Å². The number of hydrogen-bond donors (Lipinski definition) is 3. The van der Waals surface area contributed by atoms with E-state index in [4.69, 9.17) is 0 Å². The Morgan fingerprint density at radius 2 is 1.06 bits per heavy atom. The van der Waals surface area contributed by atoms with Gasteiger partial charge in [0.25, 0.3) is 0 Å². The molecule has 214 valence electrons. The average molecular weight is 510 g/mol. The molecule has 0 heterocycles. The molecule has 1 amide bonds. The number of nitrogens with one attached hydrogen (secondary N) is 1. The second-order valence-corrected chi connectivity index (χ2v) is 10.9. The molecular formula is C32H63NO3. The predicted molar refractivity (Wildman–Crippen MR) is 156 cm³/mol. The lowest BCUT2D eigenvalue weighted by Crippen LogP contribution is -2.45. The van der Waals surface area contributed by atoms with Gasteiger partial charge in [0.15, 0.2) is 0 Å². The number of unbranched alkanes of at least 4 members (excludes halogenated alkanes) is 19. The normalized spacial score (nSPS) is 13.3. The Bertz CT molecular complexity index is 480. The minimum atomic E-state index is -0.651. The summed E-state index contributed by atoms with van der Waals surface area (Å²) < 4.78 is 0. The van der Waals surface area contributed by atoms with Gasteiger partial charge in [-0.05, 0) is 38.5 Å². The minimum Gasteiger partial charge on any atom is -0.394 e. The van der Waals surface area contributed by atoms with Crippen LogP contribution >= 0.6 is 0 Å². The van der Waals surface area contributed by atoms with Crippen LogP contribution in [0.3, 0.4) is 0 Å². The van der Waals surface area contributed by atoms with Crippen LogP contribution in [0, 0.1) is 0 Å². The highest BCUT2D eigenvalue weighted by molar-refractivity contribution is 5.76. The first-order valence-electron chi connectivity index (χ1n) is 15.9. The molecule has 0 aliphatic rings. The summed E-state index contributed by atoms with van der Waals surface area (Å²) in [4.78, 5) is 12.2. The van der Waals surface area contributed by atoms with Crippen molar-refractivity contribution in [2.24, 2.45) is 0 Å². The minimum absolute atomic E-state index is 0.0416. The Morgan fingerprint density at radius 1 is 0.639 bits per heavy atom. The van der Waals surface area contributed by atoms with E-state index in [1.165, 1.54) is 116 Å². The number of aliphatic hydroxyl groups is 2. The molecule has 0 radical (unpaired) electrons. The Hall–Kier alpha value is -0.870. The topological polar surface area (TPSA) is 69.6 Å². The zero-order valence-corrected chi connectivity index (χ0v) is 24.3. The molecule has 36 heavy (non-hydrogen) atoms. The molecule has 2 unspecified atom stereocenters. The van der Waals surface area contributed by atoms with Crippen LogP contribution in [-0.4, -0.2) is 34.9 Å². The van der Waals surface area contributed by atoms with Gasteiger partial charge in [0, 0.05) is 6.42 Å². The molecule has 0 aromatic heterocycles. The van der Waals surface area contributed by atoms with Gasteiger partial charge < -0.3 is 15.5 Å². The van der Waals surface area contributed by atoms with E-state index in [9.17, 15) is 15.0 Å². The third-order valence-corrected chi connectivity index (χ3v) is 7.28. The highest BCUT2D eigenvalue weighted by Gasteiger charge is 2.19. The number of allylic oxidation sites excluding steroid dienone is 2. The van der Waals surface area contributed by atoms with Crippen LogP contribution in [0.25, 0.3) is 0 Å². The Balaban J connectivity index is 3.48. The molecule has 0 fully saturated rings. The van der Waals surface area contributed by atoms with Gasteiger partial charge in [-0.2, -0.15) is 0 Å². The SMILES string of the molecule is CCCCCCCC/C=C\CCCCCCCCCCCC(=O)NC(CO)C(O)CCCCCCC. The molecule has 4 heteroatoms. The first-order valence-corrected chi connectivity index (χ1v) is 15.9. The van der Waals surface area contributed by atoms with Crippen LogP contribution in [0.1, 0.15) is 168 Å². The monoisotopic (exact) mass is 509 g/mol. The summed E-state index contributed by atoms with van der Waals surface area (Å²) >= 11 is 0. The highest BCUT2D eigenvalue weighted by atomic mass is 16.3. The van der Waals surface area contributed by atoms with E-state index in [1.807, 2.05) is 0 Å². The summed E-state index contributed by atoms with van der Waals surface area (Å²) in [6, 6.07) is -0.528. The van der Waals surface area contributed by atoms with Crippen LogP contribution < -0.4 is 5.32 Å². The Morgan fingerprint density at radius 3 is 1.53 bits per heavy atom. The second-order valence-electron chi connectivity index (χ2n) is 10.9. The van der Waals surface area contributed by atoms with Crippen molar-refractivity contribution in [1.29, 1.82) is 0 Å². The average Bonchev–Trinajstić information content (AvgIpc) is 2.88. The van der Waals surface area contributed by atoms with Crippen LogP contribution in [0.5, 0.6) is 0 Å². The van der Waals surface area contributed by atoms with E-state index in [1.54, 1.807) is 0 Å². The van der Waals surface area contributed by atoms with Gasteiger partial charge in [0.05, 0.1) is 18.8 Å². The number of carbonyl (C=O) groups is 1. The molecule has 0 bridgehead atoms. The van der Waals surface area contributed by atoms with Crippen LogP contribution in [0.2, 0.25) is 0 Å². The van der Waals surface area contributed by atoms with Crippen molar-refractivity contribution in [2.75, 3.05) is 6.61 Å². The summed E-state index contributed by atoms with van der Waals surface area (Å²) in [6.07, 6.45) is 32.8. The van der Waals surface area contributed by atoms with Crippen molar-refractivity contribution in [1.82, 2.24) is 5.32 Å². The molecule has 0 aromatic rings. The fraction of sp³-hybridized carbons (Fsp3) is 0.906. The van der Waals surface area contributed by atoms with Gasteiger partial charge in [0.1, 0.15) is 0 Å². The molecule has 0 aliphatic carbocycles. The summed E-state index contributed by atoms with van der Waals surface area (Å²) in [5, 5.41) is 22.6. The van der Waals surface area contributed by atoms with Gasteiger partial charge in [-0.1, -0.05) is 135 Å². The number of amides is 1. The van der Waals surface area contributed by atoms with Crippen LogP contribution in [-0.2, 0) is 4.79 Å². The van der Waals surface area contributed by atoms with Gasteiger partial charge in [-0.3, -0.25) is 4.79 Å². The quantitative estimate of drug-likeness (QED) is 0.0729. The summed E-state index contributed by atoms with van der Waals surface area (Å²) in [5.41, 5.74) is 0. The van der Waals surface area contributed by atoms with Gasteiger partial charge in [0.2, 0.25) is 5.91 Å². The largest absolute Gasteiger partial charge is 0.394 e.